The second-order valence-electron chi connectivity index (χ2n) is 3.76. The lowest BCUT2D eigenvalue weighted by molar-refractivity contribution is 0.226. The number of aliphatic hydroxyl groups excluding tert-OH is 1. The van der Waals surface area contributed by atoms with E-state index in [9.17, 15) is 0 Å². The van der Waals surface area contributed by atoms with Crippen LogP contribution in [0.1, 0.15) is 13.8 Å². The molecule has 1 aromatic heterocycles. The van der Waals surface area contributed by atoms with Crippen LogP contribution in [0.2, 0.25) is 0 Å². The van der Waals surface area contributed by atoms with E-state index in [-0.39, 0.29) is 18.6 Å². The number of anilines is 3. The summed E-state index contributed by atoms with van der Waals surface area (Å²) in [6.45, 7) is 4.08. The van der Waals surface area contributed by atoms with Gasteiger partial charge in [0.2, 0.25) is 0 Å². The molecule has 2 unspecified atom stereocenters. The largest absolute Gasteiger partial charge is 0.396 e. The second-order valence-corrected chi connectivity index (χ2v) is 3.76. The standard InChI is InChI=1S/C10H18N4O/c1-6(5-15)7(2)13-9-4-3-8(11)10(12)14-9/h3-4,6-7,15H,5,11H2,1-2H3,(H3,12,13,14). The van der Waals surface area contributed by atoms with Crippen molar-refractivity contribution in [3.63, 3.8) is 0 Å². The molecule has 0 aromatic carbocycles. The van der Waals surface area contributed by atoms with Crippen molar-refractivity contribution in [1.29, 1.82) is 0 Å². The zero-order valence-corrected chi connectivity index (χ0v) is 9.07. The lowest BCUT2D eigenvalue weighted by Crippen LogP contribution is -2.26. The monoisotopic (exact) mass is 210 g/mol. The lowest BCUT2D eigenvalue weighted by Gasteiger charge is -2.20. The summed E-state index contributed by atoms with van der Waals surface area (Å²) in [7, 11) is 0. The Morgan fingerprint density at radius 3 is 2.60 bits per heavy atom. The van der Waals surface area contributed by atoms with Gasteiger partial charge in [-0.25, -0.2) is 4.98 Å². The van der Waals surface area contributed by atoms with Gasteiger partial charge >= 0.3 is 0 Å². The molecule has 15 heavy (non-hydrogen) atoms. The van der Waals surface area contributed by atoms with Crippen LogP contribution in [0.5, 0.6) is 0 Å². The zero-order valence-electron chi connectivity index (χ0n) is 9.07. The number of aromatic nitrogens is 1. The van der Waals surface area contributed by atoms with E-state index < -0.39 is 0 Å². The van der Waals surface area contributed by atoms with Crippen LogP contribution in [0.4, 0.5) is 17.3 Å². The Morgan fingerprint density at radius 2 is 2.07 bits per heavy atom. The topological polar surface area (TPSA) is 97.2 Å². The first-order valence-electron chi connectivity index (χ1n) is 4.94. The normalized spacial score (nSPS) is 14.6. The van der Waals surface area contributed by atoms with Gasteiger partial charge < -0.3 is 21.9 Å². The van der Waals surface area contributed by atoms with Crippen molar-refractivity contribution < 1.29 is 5.11 Å². The molecule has 0 aliphatic carbocycles. The fourth-order valence-electron chi connectivity index (χ4n) is 1.10. The minimum atomic E-state index is 0.130. The van der Waals surface area contributed by atoms with Crippen molar-refractivity contribution in [1.82, 2.24) is 4.98 Å². The Balaban J connectivity index is 2.68. The van der Waals surface area contributed by atoms with E-state index in [4.69, 9.17) is 16.6 Å². The highest BCUT2D eigenvalue weighted by Gasteiger charge is 2.11. The maximum absolute atomic E-state index is 8.98. The number of hydrogen-bond acceptors (Lipinski definition) is 5. The number of pyridine rings is 1. The van der Waals surface area contributed by atoms with Crippen LogP contribution in [0.25, 0.3) is 0 Å². The van der Waals surface area contributed by atoms with Crippen LogP contribution in [0, 0.1) is 5.92 Å². The van der Waals surface area contributed by atoms with Crippen LogP contribution < -0.4 is 16.8 Å². The summed E-state index contributed by atoms with van der Waals surface area (Å²) in [6.07, 6.45) is 0. The molecule has 2 atom stereocenters. The number of nitrogens with one attached hydrogen (secondary N) is 1. The molecule has 1 heterocycles. The Bertz CT molecular complexity index is 329. The fraction of sp³-hybridized carbons (Fsp3) is 0.500. The smallest absolute Gasteiger partial charge is 0.149 e. The van der Waals surface area contributed by atoms with Crippen LogP contribution in [-0.4, -0.2) is 22.7 Å². The summed E-state index contributed by atoms with van der Waals surface area (Å²) < 4.78 is 0. The van der Waals surface area contributed by atoms with Gasteiger partial charge in [0.15, 0.2) is 0 Å². The highest BCUT2D eigenvalue weighted by molar-refractivity contribution is 5.61. The quantitative estimate of drug-likeness (QED) is 0.585. The van der Waals surface area contributed by atoms with Crippen molar-refractivity contribution in [2.75, 3.05) is 23.4 Å². The molecule has 5 heteroatoms. The maximum atomic E-state index is 8.98. The molecule has 0 aliphatic heterocycles. The van der Waals surface area contributed by atoms with Gasteiger partial charge in [0, 0.05) is 12.6 Å². The minimum Gasteiger partial charge on any atom is -0.396 e. The number of nitrogens with two attached hydrogens (primary N) is 2. The third-order valence-electron chi connectivity index (χ3n) is 2.47. The molecule has 0 fully saturated rings. The van der Waals surface area contributed by atoms with Crippen molar-refractivity contribution in [2.24, 2.45) is 5.92 Å². The van der Waals surface area contributed by atoms with E-state index in [2.05, 4.69) is 10.3 Å². The van der Waals surface area contributed by atoms with E-state index in [1.807, 2.05) is 13.8 Å². The molecule has 1 rings (SSSR count). The SMILES string of the molecule is CC(CO)C(C)Nc1ccc(N)c(N)n1. The number of nitrogen functional groups attached to an aromatic ring is 2. The van der Waals surface area contributed by atoms with Gasteiger partial charge in [0.1, 0.15) is 11.6 Å². The Hall–Kier alpha value is -1.49. The summed E-state index contributed by atoms with van der Waals surface area (Å²) in [4.78, 5) is 4.09. The van der Waals surface area contributed by atoms with Crippen molar-refractivity contribution in [3.8, 4) is 0 Å². The number of hydrogen-bond donors (Lipinski definition) is 4. The summed E-state index contributed by atoms with van der Waals surface area (Å²) in [5.74, 6) is 1.16. The van der Waals surface area contributed by atoms with Crippen LogP contribution >= 0.6 is 0 Å². The summed E-state index contributed by atoms with van der Waals surface area (Å²) in [5.41, 5.74) is 11.6. The first-order chi connectivity index (χ1) is 7.04. The predicted octanol–water partition coefficient (Wildman–Crippen LogP) is 0.675. The molecule has 1 aromatic rings. The van der Waals surface area contributed by atoms with E-state index in [1.165, 1.54) is 0 Å². The fourth-order valence-corrected chi connectivity index (χ4v) is 1.10. The van der Waals surface area contributed by atoms with Gasteiger partial charge in [-0.1, -0.05) is 6.92 Å². The number of rotatable bonds is 4. The van der Waals surface area contributed by atoms with E-state index in [1.54, 1.807) is 12.1 Å². The third-order valence-corrected chi connectivity index (χ3v) is 2.47. The number of nitrogens with zero attached hydrogens (tertiary/aromatic N) is 1. The Morgan fingerprint density at radius 1 is 1.40 bits per heavy atom. The molecular weight excluding hydrogens is 192 g/mol. The van der Waals surface area contributed by atoms with E-state index in [0.717, 1.165) is 0 Å². The van der Waals surface area contributed by atoms with Gasteiger partial charge in [-0.15, -0.1) is 0 Å². The average Bonchev–Trinajstić information content (AvgIpc) is 2.22. The summed E-state index contributed by atoms with van der Waals surface area (Å²) in [6, 6.07) is 3.61. The van der Waals surface area contributed by atoms with E-state index >= 15 is 0 Å². The van der Waals surface area contributed by atoms with Gasteiger partial charge in [-0.05, 0) is 25.0 Å². The predicted molar refractivity (Wildman–Crippen MR) is 62.4 cm³/mol. The molecule has 0 amide bonds. The van der Waals surface area contributed by atoms with E-state index in [0.29, 0.717) is 17.3 Å². The first kappa shape index (κ1) is 11.6. The Kier molecular flexibility index (Phi) is 3.74. The lowest BCUT2D eigenvalue weighted by atomic mass is 10.1. The highest BCUT2D eigenvalue weighted by Crippen LogP contribution is 2.16. The van der Waals surface area contributed by atoms with Crippen molar-refractivity contribution in [3.05, 3.63) is 12.1 Å². The van der Waals surface area contributed by atoms with Crippen LogP contribution in [0.3, 0.4) is 0 Å². The molecule has 0 bridgehead atoms. The summed E-state index contributed by atoms with van der Waals surface area (Å²) >= 11 is 0. The number of aliphatic hydroxyl groups is 1. The molecule has 0 aliphatic rings. The van der Waals surface area contributed by atoms with Gasteiger partial charge in [-0.3, -0.25) is 0 Å². The average molecular weight is 210 g/mol. The van der Waals surface area contributed by atoms with Gasteiger partial charge in [0.25, 0.3) is 0 Å². The minimum absolute atomic E-state index is 0.130. The molecule has 0 spiro atoms. The first-order valence-corrected chi connectivity index (χ1v) is 4.94. The van der Waals surface area contributed by atoms with Gasteiger partial charge in [0.05, 0.1) is 5.69 Å². The van der Waals surface area contributed by atoms with Crippen molar-refractivity contribution in [2.45, 2.75) is 19.9 Å². The molecular formula is C10H18N4O. The van der Waals surface area contributed by atoms with Crippen LogP contribution in [-0.2, 0) is 0 Å². The Labute approximate surface area is 89.5 Å². The summed E-state index contributed by atoms with van der Waals surface area (Å²) in [5, 5.41) is 12.1. The third kappa shape index (κ3) is 2.99. The van der Waals surface area contributed by atoms with Gasteiger partial charge in [-0.2, -0.15) is 0 Å². The maximum Gasteiger partial charge on any atom is 0.149 e. The second kappa shape index (κ2) is 4.84. The highest BCUT2D eigenvalue weighted by atomic mass is 16.3. The molecule has 0 radical (unpaired) electrons. The molecule has 84 valence electrons. The van der Waals surface area contributed by atoms with Crippen LogP contribution in [0.15, 0.2) is 12.1 Å². The molecule has 5 nitrogen and oxygen atoms in total. The molecule has 0 saturated heterocycles. The van der Waals surface area contributed by atoms with Crippen molar-refractivity contribution >= 4 is 17.3 Å². The zero-order chi connectivity index (χ0) is 11.4. The molecule has 6 N–H and O–H groups in total. The molecule has 0 saturated carbocycles.